The summed E-state index contributed by atoms with van der Waals surface area (Å²) in [6.45, 7) is 0.718. The minimum absolute atomic E-state index is 0.309. The Kier molecular flexibility index (Phi) is 6.10. The van der Waals surface area contributed by atoms with Crippen molar-refractivity contribution in [2.75, 3.05) is 17.2 Å². The van der Waals surface area contributed by atoms with Crippen molar-refractivity contribution in [1.29, 1.82) is 0 Å². The van der Waals surface area contributed by atoms with E-state index < -0.39 is 0 Å². The van der Waals surface area contributed by atoms with Gasteiger partial charge in [-0.15, -0.1) is 0 Å². The number of rotatable bonds is 6. The van der Waals surface area contributed by atoms with Gasteiger partial charge < -0.3 is 10.6 Å². The van der Waals surface area contributed by atoms with Crippen LogP contribution in [0.2, 0.25) is 10.0 Å². The maximum absolute atomic E-state index is 12.4. The number of para-hydroxylation sites is 1. The van der Waals surface area contributed by atoms with E-state index in [-0.39, 0.29) is 5.91 Å². The van der Waals surface area contributed by atoms with Gasteiger partial charge in [-0.3, -0.25) is 9.78 Å². The molecule has 4 nitrogen and oxygen atoms in total. The Morgan fingerprint density at radius 1 is 1.00 bits per heavy atom. The van der Waals surface area contributed by atoms with Gasteiger partial charge in [-0.1, -0.05) is 47.5 Å². The number of amides is 1. The molecule has 0 aliphatic heterocycles. The summed E-state index contributed by atoms with van der Waals surface area (Å²) in [6.07, 6.45) is 2.42. The number of hydrogen-bond donors (Lipinski definition) is 2. The van der Waals surface area contributed by atoms with Crippen LogP contribution in [-0.2, 0) is 6.42 Å². The number of carbonyl (C=O) groups is 1. The first-order valence-corrected chi connectivity index (χ1v) is 8.88. The van der Waals surface area contributed by atoms with E-state index in [4.69, 9.17) is 23.2 Å². The molecule has 1 aromatic heterocycles. The van der Waals surface area contributed by atoms with Crippen molar-refractivity contribution in [3.05, 3.63) is 88.2 Å². The maximum Gasteiger partial charge on any atom is 0.274 e. The van der Waals surface area contributed by atoms with Gasteiger partial charge in [0.25, 0.3) is 5.91 Å². The lowest BCUT2D eigenvalue weighted by atomic mass is 10.1. The number of carbonyl (C=O) groups excluding carboxylic acids is 1. The lowest BCUT2D eigenvalue weighted by Crippen LogP contribution is -2.14. The third-order valence-electron chi connectivity index (χ3n) is 3.75. The molecule has 1 amide bonds. The van der Waals surface area contributed by atoms with E-state index in [1.165, 1.54) is 0 Å². The van der Waals surface area contributed by atoms with Crippen molar-refractivity contribution < 1.29 is 4.79 Å². The summed E-state index contributed by atoms with van der Waals surface area (Å²) in [7, 11) is 0. The Labute approximate surface area is 162 Å². The first-order valence-electron chi connectivity index (χ1n) is 8.12. The van der Waals surface area contributed by atoms with E-state index in [1.807, 2.05) is 36.4 Å². The van der Waals surface area contributed by atoms with Crippen molar-refractivity contribution in [3.63, 3.8) is 0 Å². The highest BCUT2D eigenvalue weighted by Gasteiger charge is 2.10. The molecule has 0 unspecified atom stereocenters. The topological polar surface area (TPSA) is 54.0 Å². The molecule has 0 aliphatic carbocycles. The van der Waals surface area contributed by atoms with Gasteiger partial charge in [0.1, 0.15) is 5.69 Å². The molecule has 0 spiro atoms. The molecular formula is C20H17Cl2N3O. The second-order valence-electron chi connectivity index (χ2n) is 5.67. The highest BCUT2D eigenvalue weighted by Crippen LogP contribution is 2.21. The van der Waals surface area contributed by atoms with E-state index in [0.29, 0.717) is 16.4 Å². The number of pyridine rings is 1. The van der Waals surface area contributed by atoms with Crippen molar-refractivity contribution in [2.24, 2.45) is 0 Å². The molecule has 0 atom stereocenters. The van der Waals surface area contributed by atoms with Crippen molar-refractivity contribution in [1.82, 2.24) is 4.98 Å². The Balaban J connectivity index is 1.60. The molecule has 0 bridgehead atoms. The molecule has 2 N–H and O–H groups in total. The van der Waals surface area contributed by atoms with Gasteiger partial charge >= 0.3 is 0 Å². The molecule has 132 valence electrons. The van der Waals surface area contributed by atoms with Gasteiger partial charge in [-0.05, 0) is 48.4 Å². The van der Waals surface area contributed by atoms with Crippen LogP contribution in [0.4, 0.5) is 11.4 Å². The van der Waals surface area contributed by atoms with Crippen LogP contribution < -0.4 is 10.6 Å². The van der Waals surface area contributed by atoms with Crippen LogP contribution >= 0.6 is 23.2 Å². The maximum atomic E-state index is 12.4. The summed E-state index contributed by atoms with van der Waals surface area (Å²) in [4.78, 5) is 16.5. The molecule has 0 saturated carbocycles. The largest absolute Gasteiger partial charge is 0.385 e. The highest BCUT2D eigenvalue weighted by molar-refractivity contribution is 6.33. The second-order valence-corrected chi connectivity index (χ2v) is 6.51. The Morgan fingerprint density at radius 2 is 1.85 bits per heavy atom. The van der Waals surface area contributed by atoms with Gasteiger partial charge in [-0.2, -0.15) is 0 Å². The zero-order valence-corrected chi connectivity index (χ0v) is 15.4. The molecule has 0 aliphatic rings. The van der Waals surface area contributed by atoms with Crippen molar-refractivity contribution in [2.45, 2.75) is 6.42 Å². The average molecular weight is 386 g/mol. The number of nitrogens with one attached hydrogen (secondary N) is 2. The van der Waals surface area contributed by atoms with Crippen LogP contribution in [0.5, 0.6) is 0 Å². The predicted molar refractivity (Wildman–Crippen MR) is 107 cm³/mol. The fourth-order valence-corrected chi connectivity index (χ4v) is 2.85. The number of nitrogens with zero attached hydrogens (tertiary/aromatic N) is 1. The summed E-state index contributed by atoms with van der Waals surface area (Å²) in [5, 5.41) is 7.27. The van der Waals surface area contributed by atoms with Crippen molar-refractivity contribution >= 4 is 40.5 Å². The van der Waals surface area contributed by atoms with Gasteiger partial charge in [-0.25, -0.2) is 0 Å². The normalized spacial score (nSPS) is 10.4. The van der Waals surface area contributed by atoms with Gasteiger partial charge in [0.05, 0.1) is 10.7 Å². The smallest absolute Gasteiger partial charge is 0.274 e. The van der Waals surface area contributed by atoms with Crippen molar-refractivity contribution in [3.8, 4) is 0 Å². The predicted octanol–water partition coefficient (Wildman–Crippen LogP) is 5.30. The molecule has 3 rings (SSSR count). The highest BCUT2D eigenvalue weighted by atomic mass is 35.5. The fraction of sp³-hybridized carbons (Fsp3) is 0.100. The molecule has 0 fully saturated rings. The van der Waals surface area contributed by atoms with Crippen LogP contribution in [-0.4, -0.2) is 17.4 Å². The molecule has 0 radical (unpaired) electrons. The lowest BCUT2D eigenvalue weighted by molar-refractivity contribution is 0.102. The second kappa shape index (κ2) is 8.70. The minimum atomic E-state index is -0.309. The fourth-order valence-electron chi connectivity index (χ4n) is 2.46. The lowest BCUT2D eigenvalue weighted by Gasteiger charge is -2.09. The zero-order valence-electron chi connectivity index (χ0n) is 13.9. The number of anilines is 2. The average Bonchev–Trinajstić information content (AvgIpc) is 2.64. The number of aromatic nitrogens is 1. The van der Waals surface area contributed by atoms with E-state index in [2.05, 4.69) is 15.6 Å². The quantitative estimate of drug-likeness (QED) is 0.605. The standard InChI is InChI=1S/C20H17Cl2N3O/c21-15-5-3-4-14(12-15)8-10-23-16-9-11-24-19(13-16)20(26)25-18-7-2-1-6-17(18)22/h1-7,9,11-13H,8,10H2,(H,23,24)(H,25,26). The molecule has 6 heteroatoms. The Morgan fingerprint density at radius 3 is 2.65 bits per heavy atom. The Bertz CT molecular complexity index is 915. The van der Waals surface area contributed by atoms with Crippen LogP contribution in [0.3, 0.4) is 0 Å². The number of hydrogen-bond acceptors (Lipinski definition) is 3. The van der Waals surface area contributed by atoms with E-state index >= 15 is 0 Å². The summed E-state index contributed by atoms with van der Waals surface area (Å²) < 4.78 is 0. The van der Waals surface area contributed by atoms with Crippen LogP contribution in [0.1, 0.15) is 16.1 Å². The van der Waals surface area contributed by atoms with Gasteiger partial charge in [0.15, 0.2) is 0 Å². The van der Waals surface area contributed by atoms with E-state index in [1.54, 1.807) is 30.5 Å². The first-order chi connectivity index (χ1) is 12.6. The van der Waals surface area contributed by atoms with Crippen LogP contribution in [0, 0.1) is 0 Å². The zero-order chi connectivity index (χ0) is 18.4. The molecule has 3 aromatic rings. The van der Waals surface area contributed by atoms with E-state index in [9.17, 15) is 4.79 Å². The molecule has 1 heterocycles. The molecular weight excluding hydrogens is 369 g/mol. The summed E-state index contributed by atoms with van der Waals surface area (Å²) in [5.74, 6) is -0.309. The first kappa shape index (κ1) is 18.2. The van der Waals surface area contributed by atoms with Gasteiger partial charge in [0.2, 0.25) is 0 Å². The SMILES string of the molecule is O=C(Nc1ccccc1Cl)c1cc(NCCc2cccc(Cl)c2)ccn1. The third-order valence-corrected chi connectivity index (χ3v) is 4.31. The minimum Gasteiger partial charge on any atom is -0.385 e. The summed E-state index contributed by atoms with van der Waals surface area (Å²) >= 11 is 12.1. The van der Waals surface area contributed by atoms with Crippen LogP contribution in [0.15, 0.2) is 66.9 Å². The number of benzene rings is 2. The summed E-state index contributed by atoms with van der Waals surface area (Å²) in [5.41, 5.74) is 2.85. The third kappa shape index (κ3) is 4.97. The molecule has 26 heavy (non-hydrogen) atoms. The monoisotopic (exact) mass is 385 g/mol. The number of halogens is 2. The summed E-state index contributed by atoms with van der Waals surface area (Å²) in [6, 6.07) is 18.4. The molecule has 2 aromatic carbocycles. The van der Waals surface area contributed by atoms with Gasteiger partial charge in [0, 0.05) is 23.5 Å². The Hall–Kier alpha value is -2.56. The van der Waals surface area contributed by atoms with Crippen LogP contribution in [0.25, 0.3) is 0 Å². The molecule has 0 saturated heterocycles. The van der Waals surface area contributed by atoms with E-state index in [0.717, 1.165) is 29.2 Å².